The molecule has 0 saturated heterocycles. The molecule has 19 heavy (non-hydrogen) atoms. The van der Waals surface area contributed by atoms with Gasteiger partial charge in [-0.15, -0.1) is 0 Å². The van der Waals surface area contributed by atoms with Crippen molar-refractivity contribution in [1.82, 2.24) is 5.32 Å². The summed E-state index contributed by atoms with van der Waals surface area (Å²) >= 11 is 0. The molecule has 0 bridgehead atoms. The van der Waals surface area contributed by atoms with Gasteiger partial charge in [-0.3, -0.25) is 4.79 Å². The maximum Gasteiger partial charge on any atom is 0.408 e. The molecule has 110 valence electrons. The molecule has 0 fully saturated rings. The van der Waals surface area contributed by atoms with Crippen molar-refractivity contribution in [2.24, 2.45) is 5.41 Å². The minimum atomic E-state index is -0.957. The maximum absolute atomic E-state index is 11.6. The summed E-state index contributed by atoms with van der Waals surface area (Å²) in [6.45, 7) is 11.4. The summed E-state index contributed by atoms with van der Waals surface area (Å²) in [6.07, 6.45) is -0.736. The zero-order valence-electron chi connectivity index (χ0n) is 12.6. The van der Waals surface area contributed by atoms with Crippen molar-refractivity contribution in [1.29, 1.82) is 0 Å². The van der Waals surface area contributed by atoms with Crippen LogP contribution in [0.1, 0.15) is 48.5 Å². The average molecular weight is 273 g/mol. The van der Waals surface area contributed by atoms with Gasteiger partial charge in [-0.05, 0) is 48.5 Å². The highest BCUT2D eigenvalue weighted by molar-refractivity contribution is 5.91. The van der Waals surface area contributed by atoms with Crippen LogP contribution in [0.25, 0.3) is 0 Å². The van der Waals surface area contributed by atoms with E-state index in [2.05, 4.69) is 10.1 Å². The first-order chi connectivity index (χ1) is 8.33. The maximum atomic E-state index is 11.6. The van der Waals surface area contributed by atoms with E-state index in [1.165, 1.54) is 6.92 Å². The van der Waals surface area contributed by atoms with Crippen LogP contribution in [0.4, 0.5) is 4.79 Å². The van der Waals surface area contributed by atoms with Gasteiger partial charge in [0.05, 0.1) is 5.41 Å². The zero-order chi connectivity index (χ0) is 15.4. The van der Waals surface area contributed by atoms with Crippen LogP contribution in [0.3, 0.4) is 0 Å². The Labute approximate surface area is 113 Å². The van der Waals surface area contributed by atoms with Crippen LogP contribution >= 0.6 is 0 Å². The largest absolute Gasteiger partial charge is 0.444 e. The first kappa shape index (κ1) is 17.4. The Morgan fingerprint density at radius 3 is 1.84 bits per heavy atom. The number of carbonyl (C=O) groups is 3. The number of hydrogen-bond donors (Lipinski definition) is 1. The second-order valence-corrected chi connectivity index (χ2v) is 6.33. The lowest BCUT2D eigenvalue weighted by atomic mass is 9.97. The third-order valence-corrected chi connectivity index (χ3v) is 1.89. The van der Waals surface area contributed by atoms with Crippen LogP contribution in [-0.4, -0.2) is 29.7 Å². The van der Waals surface area contributed by atoms with Gasteiger partial charge in [-0.2, -0.15) is 0 Å². The SMILES string of the molecule is C[C@@H](NC(=O)OC(C)(C)C)C(=O)OC(=O)C(C)(C)C. The van der Waals surface area contributed by atoms with Crippen LogP contribution < -0.4 is 5.32 Å². The number of hydrogen-bond acceptors (Lipinski definition) is 5. The molecular formula is C13H23NO5. The fraction of sp³-hybridized carbons (Fsp3) is 0.769. The van der Waals surface area contributed by atoms with E-state index >= 15 is 0 Å². The molecule has 0 aliphatic rings. The van der Waals surface area contributed by atoms with Crippen LogP contribution in [0.15, 0.2) is 0 Å². The summed E-state index contributed by atoms with van der Waals surface area (Å²) in [5, 5.41) is 2.31. The highest BCUT2D eigenvalue weighted by atomic mass is 16.6. The van der Waals surface area contributed by atoms with E-state index in [0.29, 0.717) is 0 Å². The van der Waals surface area contributed by atoms with Gasteiger partial charge in [0.25, 0.3) is 0 Å². The normalized spacial score (nSPS) is 13.4. The van der Waals surface area contributed by atoms with E-state index in [9.17, 15) is 14.4 Å². The molecule has 0 radical (unpaired) electrons. The van der Waals surface area contributed by atoms with E-state index < -0.39 is 35.1 Å². The number of carbonyl (C=O) groups excluding carboxylic acids is 3. The Kier molecular flexibility index (Phi) is 5.53. The second kappa shape index (κ2) is 6.04. The molecular weight excluding hydrogens is 250 g/mol. The van der Waals surface area contributed by atoms with Gasteiger partial charge in [-0.1, -0.05) is 0 Å². The molecule has 0 unspecified atom stereocenters. The Morgan fingerprint density at radius 1 is 1.00 bits per heavy atom. The summed E-state index contributed by atoms with van der Waals surface area (Å²) < 4.78 is 9.65. The zero-order valence-corrected chi connectivity index (χ0v) is 12.6. The van der Waals surface area contributed by atoms with E-state index in [-0.39, 0.29) is 0 Å². The molecule has 0 spiro atoms. The summed E-state index contributed by atoms with van der Waals surface area (Å²) in [7, 11) is 0. The number of amides is 1. The molecule has 0 aromatic rings. The van der Waals surface area contributed by atoms with Gasteiger partial charge < -0.3 is 14.8 Å². The summed E-state index contributed by atoms with van der Waals surface area (Å²) in [5.74, 6) is -1.46. The molecule has 1 N–H and O–H groups in total. The van der Waals surface area contributed by atoms with E-state index in [4.69, 9.17) is 4.74 Å². The molecule has 0 heterocycles. The lowest BCUT2D eigenvalue weighted by Gasteiger charge is -2.22. The van der Waals surface area contributed by atoms with Gasteiger partial charge in [0.15, 0.2) is 0 Å². The number of ether oxygens (including phenoxy) is 2. The molecule has 0 rings (SSSR count). The lowest BCUT2D eigenvalue weighted by Crippen LogP contribution is -2.43. The van der Waals surface area contributed by atoms with Crippen molar-refractivity contribution in [3.63, 3.8) is 0 Å². The van der Waals surface area contributed by atoms with E-state index in [1.54, 1.807) is 41.5 Å². The van der Waals surface area contributed by atoms with Crippen molar-refractivity contribution in [3.05, 3.63) is 0 Å². The average Bonchev–Trinajstić information content (AvgIpc) is 2.12. The predicted molar refractivity (Wildman–Crippen MR) is 69.4 cm³/mol. The molecule has 1 amide bonds. The third-order valence-electron chi connectivity index (χ3n) is 1.89. The fourth-order valence-corrected chi connectivity index (χ4v) is 0.876. The molecule has 0 aromatic carbocycles. The van der Waals surface area contributed by atoms with Crippen molar-refractivity contribution in [3.8, 4) is 0 Å². The van der Waals surface area contributed by atoms with Crippen LogP contribution in [0, 0.1) is 5.41 Å². The second-order valence-electron chi connectivity index (χ2n) is 6.33. The van der Waals surface area contributed by atoms with Gasteiger partial charge in [-0.25, -0.2) is 9.59 Å². The number of nitrogens with one attached hydrogen (secondary N) is 1. The van der Waals surface area contributed by atoms with Crippen molar-refractivity contribution >= 4 is 18.0 Å². The Balaban J connectivity index is 4.37. The van der Waals surface area contributed by atoms with Crippen LogP contribution in [-0.2, 0) is 19.1 Å². The smallest absolute Gasteiger partial charge is 0.408 e. The van der Waals surface area contributed by atoms with E-state index in [1.807, 2.05) is 0 Å². The Morgan fingerprint density at radius 2 is 1.47 bits per heavy atom. The highest BCUT2D eigenvalue weighted by Crippen LogP contribution is 2.15. The fourth-order valence-electron chi connectivity index (χ4n) is 0.876. The van der Waals surface area contributed by atoms with Gasteiger partial charge in [0, 0.05) is 0 Å². The molecule has 1 atom stereocenters. The van der Waals surface area contributed by atoms with Crippen molar-refractivity contribution in [2.75, 3.05) is 0 Å². The summed E-state index contributed by atoms with van der Waals surface area (Å²) in [5.41, 5.74) is -1.43. The van der Waals surface area contributed by atoms with Gasteiger partial charge in [0.2, 0.25) is 0 Å². The topological polar surface area (TPSA) is 81.7 Å². The molecule has 0 aromatic heterocycles. The van der Waals surface area contributed by atoms with Gasteiger partial charge in [0.1, 0.15) is 11.6 Å². The van der Waals surface area contributed by atoms with Gasteiger partial charge >= 0.3 is 18.0 Å². The first-order valence-corrected chi connectivity index (χ1v) is 6.08. The number of esters is 2. The quantitative estimate of drug-likeness (QED) is 0.615. The third kappa shape index (κ3) is 7.43. The molecule has 0 aliphatic heterocycles. The molecule has 0 aliphatic carbocycles. The summed E-state index contributed by atoms with van der Waals surface area (Å²) in [4.78, 5) is 34.5. The van der Waals surface area contributed by atoms with Crippen LogP contribution in [0.5, 0.6) is 0 Å². The predicted octanol–water partition coefficient (Wildman–Crippen LogP) is 2.02. The molecule has 6 nitrogen and oxygen atoms in total. The van der Waals surface area contributed by atoms with E-state index in [0.717, 1.165) is 0 Å². The molecule has 0 saturated carbocycles. The monoisotopic (exact) mass is 273 g/mol. The summed E-state index contributed by atoms with van der Waals surface area (Å²) in [6, 6.07) is -0.957. The van der Waals surface area contributed by atoms with Crippen molar-refractivity contribution < 1.29 is 23.9 Å². The lowest BCUT2D eigenvalue weighted by molar-refractivity contribution is -0.166. The first-order valence-electron chi connectivity index (χ1n) is 6.08. The Bertz CT molecular complexity index is 362. The minimum absolute atomic E-state index is 0.643. The van der Waals surface area contributed by atoms with Crippen molar-refractivity contribution in [2.45, 2.75) is 60.1 Å². The number of alkyl carbamates (subject to hydrolysis) is 1. The number of rotatable bonds is 2. The minimum Gasteiger partial charge on any atom is -0.444 e. The van der Waals surface area contributed by atoms with Crippen LogP contribution in [0.2, 0.25) is 0 Å². The Hall–Kier alpha value is -1.59. The standard InChI is InChI=1S/C13H23NO5/c1-8(14-11(17)19-13(5,6)7)9(15)18-10(16)12(2,3)4/h8H,1-7H3,(H,14,17)/t8-/m1/s1. The highest BCUT2D eigenvalue weighted by Gasteiger charge is 2.29. The molecule has 6 heteroatoms.